The number of hydrogen-bond acceptors (Lipinski definition) is 6. The number of nitrogens with zero attached hydrogens (tertiary/aromatic N) is 5. The smallest absolute Gasteiger partial charge is 0.396 e. The van der Waals surface area contributed by atoms with Gasteiger partial charge in [0.15, 0.2) is 5.82 Å². The predicted molar refractivity (Wildman–Crippen MR) is 124 cm³/mol. The summed E-state index contributed by atoms with van der Waals surface area (Å²) < 4.78 is 57.5. The van der Waals surface area contributed by atoms with Crippen LogP contribution in [0.3, 0.4) is 0 Å². The van der Waals surface area contributed by atoms with Crippen molar-refractivity contribution in [1.82, 2.24) is 19.4 Å². The van der Waals surface area contributed by atoms with Gasteiger partial charge in [-0.3, -0.25) is 14.2 Å². The number of fused-ring (bicyclic) bond motifs is 1. The number of alkyl halides is 3. The first-order chi connectivity index (χ1) is 16.5. The van der Waals surface area contributed by atoms with Gasteiger partial charge in [-0.2, -0.15) is 13.2 Å². The van der Waals surface area contributed by atoms with Crippen molar-refractivity contribution in [3.63, 3.8) is 0 Å². The van der Waals surface area contributed by atoms with Gasteiger partial charge < -0.3 is 15.5 Å². The topological polar surface area (TPSA) is 97.4 Å². The van der Waals surface area contributed by atoms with Crippen molar-refractivity contribution >= 4 is 51.5 Å². The van der Waals surface area contributed by atoms with Gasteiger partial charge in [-0.1, -0.05) is 29.8 Å². The van der Waals surface area contributed by atoms with E-state index in [4.69, 9.17) is 28.9 Å². The lowest BCUT2D eigenvalue weighted by atomic mass is 10.1. The molecule has 3 aromatic rings. The summed E-state index contributed by atoms with van der Waals surface area (Å²) in [5, 5.41) is -1.15. The molecule has 1 amide bonds. The van der Waals surface area contributed by atoms with Gasteiger partial charge in [-0.15, -0.1) is 0 Å². The zero-order chi connectivity index (χ0) is 25.7. The summed E-state index contributed by atoms with van der Waals surface area (Å²) in [6.07, 6.45) is -2.92. The minimum Gasteiger partial charge on any atom is -0.396 e. The lowest BCUT2D eigenvalue weighted by Gasteiger charge is -2.35. The molecular weight excluding hydrogens is 515 g/mol. The summed E-state index contributed by atoms with van der Waals surface area (Å²) in [7, 11) is 0. The Morgan fingerprint density at radius 1 is 1.11 bits per heavy atom. The van der Waals surface area contributed by atoms with Gasteiger partial charge in [0.1, 0.15) is 29.0 Å². The van der Waals surface area contributed by atoms with E-state index in [0.717, 1.165) is 12.4 Å². The van der Waals surface area contributed by atoms with E-state index < -0.39 is 45.2 Å². The number of nitrogens with two attached hydrogens (primary N) is 1. The second-order valence-electron chi connectivity index (χ2n) is 7.56. The molecule has 184 valence electrons. The Morgan fingerprint density at radius 3 is 2.37 bits per heavy atom. The molecule has 2 N–H and O–H groups in total. The first-order valence-corrected chi connectivity index (χ1v) is 10.8. The molecule has 0 bridgehead atoms. The van der Waals surface area contributed by atoms with Crippen LogP contribution in [0.25, 0.3) is 16.6 Å². The van der Waals surface area contributed by atoms with Gasteiger partial charge in [0, 0.05) is 26.2 Å². The Kier molecular flexibility index (Phi) is 6.36. The molecule has 1 fully saturated rings. The van der Waals surface area contributed by atoms with Crippen LogP contribution in [0.4, 0.5) is 29.1 Å². The lowest BCUT2D eigenvalue weighted by Crippen LogP contribution is -2.48. The van der Waals surface area contributed by atoms with E-state index in [-0.39, 0.29) is 52.9 Å². The van der Waals surface area contributed by atoms with E-state index in [1.54, 1.807) is 4.90 Å². The van der Waals surface area contributed by atoms with Gasteiger partial charge in [-0.05, 0) is 18.2 Å². The summed E-state index contributed by atoms with van der Waals surface area (Å²) in [6, 6.07) is 1.58. The molecule has 1 saturated heterocycles. The van der Waals surface area contributed by atoms with Crippen LogP contribution in [0, 0.1) is 5.82 Å². The van der Waals surface area contributed by atoms with E-state index >= 15 is 0 Å². The molecule has 1 aromatic carbocycles. The minimum absolute atomic E-state index is 0.0630. The molecule has 8 nitrogen and oxygen atoms in total. The number of amides is 1. The van der Waals surface area contributed by atoms with Gasteiger partial charge in [0.05, 0.1) is 21.1 Å². The fourth-order valence-electron chi connectivity index (χ4n) is 3.87. The third-order valence-electron chi connectivity index (χ3n) is 5.55. The van der Waals surface area contributed by atoms with Crippen LogP contribution in [0.1, 0.15) is 5.69 Å². The second-order valence-corrected chi connectivity index (χ2v) is 8.37. The number of carbonyl (C=O) groups excluding carboxylic acids is 1. The largest absolute Gasteiger partial charge is 0.431 e. The molecule has 1 aliphatic heterocycles. The van der Waals surface area contributed by atoms with E-state index in [1.165, 1.54) is 11.0 Å². The van der Waals surface area contributed by atoms with E-state index in [9.17, 15) is 27.2 Å². The number of benzene rings is 1. The van der Waals surface area contributed by atoms with E-state index in [0.29, 0.717) is 6.07 Å². The summed E-state index contributed by atoms with van der Waals surface area (Å²) in [6.45, 7) is 4.44. The Labute approximate surface area is 205 Å². The van der Waals surface area contributed by atoms with Crippen molar-refractivity contribution in [3.05, 3.63) is 63.0 Å². The minimum atomic E-state index is -5.11. The van der Waals surface area contributed by atoms with Crippen LogP contribution >= 0.6 is 23.2 Å². The van der Waals surface area contributed by atoms with Crippen molar-refractivity contribution in [2.45, 2.75) is 6.18 Å². The molecular formula is C21H16Cl2F4N6O2. The molecule has 2 aromatic heterocycles. The monoisotopic (exact) mass is 530 g/mol. The quantitative estimate of drug-likeness (QED) is 0.240. The maximum atomic E-state index is 14.9. The maximum absolute atomic E-state index is 14.9. The summed E-state index contributed by atoms with van der Waals surface area (Å²) in [5.74, 6) is -1.56. The molecule has 14 heteroatoms. The van der Waals surface area contributed by atoms with Gasteiger partial charge >= 0.3 is 6.18 Å². The molecule has 0 radical (unpaired) electrons. The second kappa shape index (κ2) is 9.00. The predicted octanol–water partition coefficient (Wildman–Crippen LogP) is 3.66. The van der Waals surface area contributed by atoms with Crippen LogP contribution in [0.2, 0.25) is 10.0 Å². The van der Waals surface area contributed by atoms with Crippen LogP contribution in [0.15, 0.2) is 35.9 Å². The molecule has 1 aliphatic rings. The molecule has 0 aliphatic carbocycles. The molecule has 3 heterocycles. The number of rotatable bonds is 3. The van der Waals surface area contributed by atoms with Gasteiger partial charge in [-0.25, -0.2) is 14.4 Å². The SMILES string of the molecule is C=CC(=O)N1CCN(c2ncnc3c(=O)n(-c4c(N)c(Cl)cc(Cl)c4F)c(C(F)(F)F)cc23)CC1. The van der Waals surface area contributed by atoms with Gasteiger partial charge in [0.2, 0.25) is 5.91 Å². The van der Waals surface area contributed by atoms with Crippen molar-refractivity contribution in [2.75, 3.05) is 36.8 Å². The summed E-state index contributed by atoms with van der Waals surface area (Å²) >= 11 is 11.7. The Bertz CT molecular complexity index is 1390. The first-order valence-electron chi connectivity index (χ1n) is 10.0. The number of nitrogen functional groups attached to an aromatic ring is 1. The molecule has 0 atom stereocenters. The van der Waals surface area contributed by atoms with Crippen molar-refractivity contribution in [1.29, 1.82) is 0 Å². The number of anilines is 2. The molecule has 35 heavy (non-hydrogen) atoms. The molecule has 0 unspecified atom stereocenters. The molecule has 0 spiro atoms. The van der Waals surface area contributed by atoms with Crippen LogP contribution in [-0.2, 0) is 11.0 Å². The highest BCUT2D eigenvalue weighted by Gasteiger charge is 2.38. The lowest BCUT2D eigenvalue weighted by molar-refractivity contribution is -0.142. The van der Waals surface area contributed by atoms with Crippen molar-refractivity contribution < 1.29 is 22.4 Å². The maximum Gasteiger partial charge on any atom is 0.431 e. The standard InChI is InChI=1S/C21H16Cl2F4N6O2/c1-2-14(34)31-3-5-32(6-4-31)19-10-7-13(21(25,26)27)33(20(35)17(10)29-9-30-19)18-15(24)11(22)8-12(23)16(18)28/h2,7-9H,1,3-6,28H2. The summed E-state index contributed by atoms with van der Waals surface area (Å²) in [4.78, 5) is 36.3. The number of halogens is 6. The highest BCUT2D eigenvalue weighted by Crippen LogP contribution is 2.38. The van der Waals surface area contributed by atoms with Crippen LogP contribution in [-0.4, -0.2) is 51.5 Å². The summed E-state index contributed by atoms with van der Waals surface area (Å²) in [5.41, 5.74) is 1.03. The number of hydrogen-bond donors (Lipinski definition) is 1. The highest BCUT2D eigenvalue weighted by molar-refractivity contribution is 6.37. The number of piperazine rings is 1. The zero-order valence-corrected chi connectivity index (χ0v) is 19.3. The van der Waals surface area contributed by atoms with E-state index in [2.05, 4.69) is 16.5 Å². The first kappa shape index (κ1) is 24.7. The number of carbonyl (C=O) groups is 1. The Morgan fingerprint density at radius 2 is 1.77 bits per heavy atom. The van der Waals surface area contributed by atoms with Crippen molar-refractivity contribution in [3.8, 4) is 5.69 Å². The number of aromatic nitrogens is 3. The third-order valence-corrected chi connectivity index (χ3v) is 6.14. The average Bonchev–Trinajstić information content (AvgIpc) is 2.82. The van der Waals surface area contributed by atoms with Crippen molar-refractivity contribution in [2.24, 2.45) is 0 Å². The molecule has 4 rings (SSSR count). The fraction of sp³-hybridized carbons (Fsp3) is 0.238. The van der Waals surface area contributed by atoms with Crippen LogP contribution in [0.5, 0.6) is 0 Å². The number of pyridine rings is 1. The Balaban J connectivity index is 1.96. The zero-order valence-electron chi connectivity index (χ0n) is 17.7. The Hall–Kier alpha value is -3.38. The van der Waals surface area contributed by atoms with Crippen LogP contribution < -0.4 is 16.2 Å². The third kappa shape index (κ3) is 4.27. The normalized spacial score (nSPS) is 14.5. The molecule has 0 saturated carbocycles. The highest BCUT2D eigenvalue weighted by atomic mass is 35.5. The average molecular weight is 531 g/mol. The van der Waals surface area contributed by atoms with Gasteiger partial charge in [0.25, 0.3) is 5.56 Å². The van der Waals surface area contributed by atoms with E-state index in [1.807, 2.05) is 0 Å². The fourth-order valence-corrected chi connectivity index (χ4v) is 4.33.